The Kier molecular flexibility index (Phi) is 5.84. The summed E-state index contributed by atoms with van der Waals surface area (Å²) in [5.41, 5.74) is 15.0. The van der Waals surface area contributed by atoms with Crippen LogP contribution in [0.2, 0.25) is 0 Å². The average Bonchev–Trinajstić information content (AvgIpc) is 3.20. The van der Waals surface area contributed by atoms with Gasteiger partial charge in [-0.15, -0.1) is 0 Å². The molecule has 4 aliphatic rings. The molecule has 3 nitrogen and oxygen atoms in total. The molecule has 210 valence electrons. The molecule has 0 aromatic heterocycles. The van der Waals surface area contributed by atoms with Crippen molar-refractivity contribution in [2.24, 2.45) is 0 Å². The summed E-state index contributed by atoms with van der Waals surface area (Å²) < 4.78 is 0. The Labute approximate surface area is 254 Å². The summed E-state index contributed by atoms with van der Waals surface area (Å²) in [5.74, 6) is 0. The molecule has 8 rings (SSSR count). The largest absolute Gasteiger partial charge is 0.383 e. The highest BCUT2D eigenvalue weighted by atomic mass is 15.2. The lowest BCUT2D eigenvalue weighted by atomic mass is 9.67. The number of likely N-dealkylation sites (N-methyl/N-ethyl adjacent to an activating group) is 1. The molecule has 0 bridgehead atoms. The summed E-state index contributed by atoms with van der Waals surface area (Å²) in [4.78, 5) is 4.88. The van der Waals surface area contributed by atoms with Gasteiger partial charge < -0.3 is 15.1 Å². The highest BCUT2D eigenvalue weighted by molar-refractivity contribution is 6.04. The second kappa shape index (κ2) is 9.78. The van der Waals surface area contributed by atoms with Crippen LogP contribution in [-0.2, 0) is 5.41 Å². The zero-order valence-corrected chi connectivity index (χ0v) is 24.9. The van der Waals surface area contributed by atoms with Gasteiger partial charge in [0.15, 0.2) is 0 Å². The van der Waals surface area contributed by atoms with E-state index < -0.39 is 0 Å². The van der Waals surface area contributed by atoms with Crippen LogP contribution in [0.25, 0.3) is 27.8 Å². The van der Waals surface area contributed by atoms with Gasteiger partial charge in [0.1, 0.15) is 0 Å². The number of fused-ring (bicyclic) bond motifs is 6. The van der Waals surface area contributed by atoms with E-state index in [0.717, 1.165) is 12.2 Å². The van der Waals surface area contributed by atoms with E-state index in [2.05, 4.69) is 170 Å². The van der Waals surface area contributed by atoms with Crippen molar-refractivity contribution in [3.05, 3.63) is 156 Å². The molecule has 1 N–H and O–H groups in total. The van der Waals surface area contributed by atoms with Crippen LogP contribution in [0.5, 0.6) is 0 Å². The molecule has 4 aromatic rings. The summed E-state index contributed by atoms with van der Waals surface area (Å²) in [6, 6.07) is 33.6. The maximum atomic E-state index is 3.77. The molecule has 0 radical (unpaired) electrons. The fourth-order valence-corrected chi connectivity index (χ4v) is 7.80. The third-order valence-electron chi connectivity index (χ3n) is 9.86. The molecule has 0 saturated heterocycles. The quantitative estimate of drug-likeness (QED) is 0.238. The van der Waals surface area contributed by atoms with Crippen LogP contribution in [0, 0.1) is 0 Å². The fraction of sp³-hybridized carbons (Fsp3) is 0.150. The third kappa shape index (κ3) is 3.61. The van der Waals surface area contributed by atoms with E-state index >= 15 is 0 Å². The van der Waals surface area contributed by atoms with Gasteiger partial charge in [0, 0.05) is 36.1 Å². The molecule has 0 amide bonds. The maximum absolute atomic E-state index is 3.77. The topological polar surface area (TPSA) is 18.5 Å². The maximum Gasteiger partial charge on any atom is 0.0806 e. The molecule has 3 heteroatoms. The molecule has 0 saturated carbocycles. The first-order valence-electron chi connectivity index (χ1n) is 15.2. The van der Waals surface area contributed by atoms with Crippen LogP contribution in [0.15, 0.2) is 145 Å². The van der Waals surface area contributed by atoms with Gasteiger partial charge in [-0.3, -0.25) is 0 Å². The number of nitrogens with one attached hydrogen (secondary N) is 1. The summed E-state index contributed by atoms with van der Waals surface area (Å²) in [6.07, 6.45) is 15.5. The van der Waals surface area contributed by atoms with Crippen molar-refractivity contribution in [2.45, 2.75) is 25.3 Å². The zero-order valence-electron chi connectivity index (χ0n) is 24.9. The molecule has 3 aliphatic heterocycles. The van der Waals surface area contributed by atoms with Gasteiger partial charge in [0.25, 0.3) is 0 Å². The number of rotatable bonds is 3. The number of benzene rings is 4. The first-order chi connectivity index (χ1) is 21.1. The highest BCUT2D eigenvalue weighted by Gasteiger charge is 2.52. The lowest BCUT2D eigenvalue weighted by Crippen LogP contribution is -2.51. The van der Waals surface area contributed by atoms with Crippen LogP contribution >= 0.6 is 0 Å². The van der Waals surface area contributed by atoms with E-state index in [0.29, 0.717) is 0 Å². The number of dihydropyridines is 1. The Morgan fingerprint density at radius 3 is 2.19 bits per heavy atom. The van der Waals surface area contributed by atoms with Crippen molar-refractivity contribution in [3.63, 3.8) is 0 Å². The zero-order chi connectivity index (χ0) is 29.1. The minimum absolute atomic E-state index is 0.0791. The third-order valence-corrected chi connectivity index (χ3v) is 9.86. The molecule has 0 fully saturated rings. The van der Waals surface area contributed by atoms with E-state index in [4.69, 9.17) is 0 Å². The highest BCUT2D eigenvalue weighted by Crippen LogP contribution is 2.58. The van der Waals surface area contributed by atoms with Crippen molar-refractivity contribution in [3.8, 4) is 22.3 Å². The number of allylic oxidation sites excluding steroid dienone is 5. The Morgan fingerprint density at radius 1 is 0.721 bits per heavy atom. The minimum Gasteiger partial charge on any atom is -0.383 e. The van der Waals surface area contributed by atoms with Gasteiger partial charge in [-0.1, -0.05) is 90.5 Å². The Bertz CT molecular complexity index is 1920. The standard InChI is InChI=1S/C40H35N3/c1-27-28(2)40(38-21-11-13-23-41-38,39-22-12-14-24-42(39)3)35-25-34-31-18-8-7-17-30(31)32-19-9-10-20-36(32)43(37(34)26-33(27)35)29-15-5-4-6-16-29/h4-23,25-26,38,41H,24H2,1-3H3. The normalized spacial score (nSPS) is 21.5. The van der Waals surface area contributed by atoms with Crippen LogP contribution in [0.1, 0.15) is 25.0 Å². The second-order valence-electron chi connectivity index (χ2n) is 12.0. The minimum atomic E-state index is -0.360. The van der Waals surface area contributed by atoms with Gasteiger partial charge in [0.2, 0.25) is 0 Å². The lowest BCUT2D eigenvalue weighted by molar-refractivity contribution is 0.342. The van der Waals surface area contributed by atoms with Crippen molar-refractivity contribution in [1.82, 2.24) is 10.2 Å². The van der Waals surface area contributed by atoms with E-state index in [1.54, 1.807) is 0 Å². The number of anilines is 3. The van der Waals surface area contributed by atoms with Crippen molar-refractivity contribution < 1.29 is 0 Å². The van der Waals surface area contributed by atoms with E-state index in [1.807, 2.05) is 0 Å². The summed E-state index contributed by atoms with van der Waals surface area (Å²) in [6.45, 7) is 5.56. The molecule has 0 spiro atoms. The van der Waals surface area contributed by atoms with Gasteiger partial charge >= 0.3 is 0 Å². The predicted octanol–water partition coefficient (Wildman–Crippen LogP) is 9.28. The number of nitrogens with zero attached hydrogens (tertiary/aromatic N) is 2. The Hall–Kier alpha value is -5.02. The molecular formula is C40H35N3. The number of para-hydroxylation sites is 2. The summed E-state index contributed by atoms with van der Waals surface area (Å²) in [7, 11) is 2.23. The SMILES string of the molecule is CC1=C(C)C(C2=CC=CCN2C)(C2C=CC=CN2)c2cc3c(cc21)N(c1ccccc1)c1ccccc1-c1ccccc1-3. The van der Waals surface area contributed by atoms with Crippen LogP contribution < -0.4 is 10.2 Å². The Balaban J connectivity index is 1.49. The first-order valence-corrected chi connectivity index (χ1v) is 15.2. The average molecular weight is 558 g/mol. The van der Waals surface area contributed by atoms with Gasteiger partial charge in [-0.2, -0.15) is 0 Å². The van der Waals surface area contributed by atoms with Gasteiger partial charge in [-0.05, 0) is 90.4 Å². The number of hydrogen-bond acceptors (Lipinski definition) is 3. The van der Waals surface area contributed by atoms with Crippen LogP contribution in [0.4, 0.5) is 17.1 Å². The molecule has 4 aromatic carbocycles. The van der Waals surface area contributed by atoms with Crippen molar-refractivity contribution in [2.75, 3.05) is 18.5 Å². The van der Waals surface area contributed by atoms with Crippen LogP contribution in [-0.4, -0.2) is 24.5 Å². The molecule has 3 heterocycles. The van der Waals surface area contributed by atoms with Crippen molar-refractivity contribution >= 4 is 22.6 Å². The first kappa shape index (κ1) is 25.7. The number of hydrogen-bond donors (Lipinski definition) is 1. The smallest absolute Gasteiger partial charge is 0.0806 e. The van der Waals surface area contributed by atoms with Crippen molar-refractivity contribution in [1.29, 1.82) is 0 Å². The van der Waals surface area contributed by atoms with Gasteiger partial charge in [0.05, 0.1) is 22.8 Å². The summed E-state index contributed by atoms with van der Waals surface area (Å²) in [5, 5.41) is 3.77. The van der Waals surface area contributed by atoms with E-state index in [9.17, 15) is 0 Å². The molecule has 2 atom stereocenters. The predicted molar refractivity (Wildman–Crippen MR) is 181 cm³/mol. The molecule has 1 aliphatic carbocycles. The monoisotopic (exact) mass is 557 g/mol. The molecule has 43 heavy (non-hydrogen) atoms. The summed E-state index contributed by atoms with van der Waals surface area (Å²) >= 11 is 0. The van der Waals surface area contributed by atoms with E-state index in [-0.39, 0.29) is 11.5 Å². The van der Waals surface area contributed by atoms with Gasteiger partial charge in [-0.25, -0.2) is 0 Å². The van der Waals surface area contributed by atoms with E-state index in [1.165, 1.54) is 61.6 Å². The lowest BCUT2D eigenvalue weighted by Gasteiger charge is -2.46. The molecule has 2 unspecified atom stereocenters. The second-order valence-corrected chi connectivity index (χ2v) is 12.0. The Morgan fingerprint density at radius 2 is 1.44 bits per heavy atom. The fourth-order valence-electron chi connectivity index (χ4n) is 7.80. The van der Waals surface area contributed by atoms with Crippen LogP contribution in [0.3, 0.4) is 0 Å². The molecular weight excluding hydrogens is 522 g/mol.